The number of carboxylic acids is 1. The molecular formula is C40H51ClN2O7. The summed E-state index contributed by atoms with van der Waals surface area (Å²) in [7, 11) is 0. The average Bonchev–Trinajstić information content (AvgIpc) is 3.06. The number of halogens is 1. The first kappa shape index (κ1) is 40.1. The van der Waals surface area contributed by atoms with Crippen LogP contribution in [-0.2, 0) is 25.2 Å². The lowest BCUT2D eigenvalue weighted by Crippen LogP contribution is -2.54. The van der Waals surface area contributed by atoms with Gasteiger partial charge in [0.05, 0.1) is 17.9 Å². The zero-order valence-corrected chi connectivity index (χ0v) is 31.4. The lowest BCUT2D eigenvalue weighted by atomic mass is 9.76. The molecule has 0 bridgehead atoms. The fourth-order valence-corrected chi connectivity index (χ4v) is 5.50. The number of para-hydroxylation sites is 1. The second kappa shape index (κ2) is 16.1. The van der Waals surface area contributed by atoms with Gasteiger partial charge in [0.1, 0.15) is 11.5 Å². The highest BCUT2D eigenvalue weighted by Gasteiger charge is 2.51. The van der Waals surface area contributed by atoms with E-state index in [1.54, 1.807) is 51.1 Å². The van der Waals surface area contributed by atoms with Crippen LogP contribution in [0, 0.1) is 5.41 Å². The molecule has 1 unspecified atom stereocenters. The van der Waals surface area contributed by atoms with E-state index in [0.29, 0.717) is 12.1 Å². The molecule has 3 N–H and O–H groups in total. The molecule has 0 fully saturated rings. The summed E-state index contributed by atoms with van der Waals surface area (Å²) in [5.41, 5.74) is 1.29. The number of carboxylic acid groups (broad SMARTS) is 1. The van der Waals surface area contributed by atoms with Gasteiger partial charge in [-0.1, -0.05) is 104 Å². The number of ketones is 1. The monoisotopic (exact) mass is 706 g/mol. The zero-order valence-electron chi connectivity index (χ0n) is 30.7. The van der Waals surface area contributed by atoms with Crippen molar-refractivity contribution in [2.24, 2.45) is 5.41 Å². The highest BCUT2D eigenvalue weighted by atomic mass is 35.5. The minimum absolute atomic E-state index is 0.0221. The van der Waals surface area contributed by atoms with Gasteiger partial charge in [-0.2, -0.15) is 0 Å². The molecular weight excluding hydrogens is 656 g/mol. The van der Waals surface area contributed by atoms with Gasteiger partial charge in [0.15, 0.2) is 0 Å². The van der Waals surface area contributed by atoms with E-state index in [0.717, 1.165) is 24.2 Å². The van der Waals surface area contributed by atoms with Gasteiger partial charge in [0.2, 0.25) is 11.7 Å². The highest BCUT2D eigenvalue weighted by molar-refractivity contribution is 6.47. The van der Waals surface area contributed by atoms with Gasteiger partial charge < -0.3 is 25.2 Å². The first-order valence-corrected chi connectivity index (χ1v) is 17.4. The van der Waals surface area contributed by atoms with Crippen molar-refractivity contribution in [3.63, 3.8) is 0 Å². The molecule has 0 aliphatic carbocycles. The van der Waals surface area contributed by atoms with E-state index >= 15 is 0 Å². The van der Waals surface area contributed by atoms with Crippen molar-refractivity contribution < 1.29 is 33.8 Å². The molecule has 270 valence electrons. The first-order valence-electron chi connectivity index (χ1n) is 17.0. The van der Waals surface area contributed by atoms with Crippen molar-refractivity contribution in [2.45, 2.75) is 104 Å². The number of rotatable bonds is 16. The molecule has 1 atom stereocenters. The number of anilines is 2. The standard InChI is InChI=1S/C40H51ClN2O7/c1-10-38(6,7)26-19-22-32(30(24-26)39(8,9)11-2)49-23-15-18-33(44)43-31-25-28(20-21-29(31)34(45)46)50-40(41,35(47)37(3,4)5)36(48)42-27-16-13-12-14-17-27/h12-14,16-17,19-22,24-25H,10-11,15,18,23H2,1-9H3,(H,42,48)(H,43,44)(H,45,46). The first-order chi connectivity index (χ1) is 23.2. The summed E-state index contributed by atoms with van der Waals surface area (Å²) >= 11 is 6.69. The van der Waals surface area contributed by atoms with Crippen molar-refractivity contribution in [2.75, 3.05) is 17.2 Å². The zero-order chi connectivity index (χ0) is 37.5. The Balaban J connectivity index is 1.78. The summed E-state index contributed by atoms with van der Waals surface area (Å²) in [5, 5.41) is 12.6. The number of alkyl halides is 1. The number of Topliss-reactive ketones (excluding diaryl/α,β-unsaturated/α-hetero) is 1. The van der Waals surface area contributed by atoms with E-state index in [4.69, 9.17) is 21.1 Å². The van der Waals surface area contributed by atoms with Crippen molar-refractivity contribution in [3.8, 4) is 11.5 Å². The largest absolute Gasteiger partial charge is 0.493 e. The third-order valence-corrected chi connectivity index (χ3v) is 9.54. The van der Waals surface area contributed by atoms with Crippen LogP contribution in [0.5, 0.6) is 11.5 Å². The predicted molar refractivity (Wildman–Crippen MR) is 199 cm³/mol. The third kappa shape index (κ3) is 9.87. The molecule has 0 heterocycles. The molecule has 3 aromatic rings. The van der Waals surface area contributed by atoms with E-state index in [2.05, 4.69) is 64.3 Å². The lowest BCUT2D eigenvalue weighted by molar-refractivity contribution is -0.144. The molecule has 10 heteroatoms. The maximum Gasteiger partial charge on any atom is 0.337 e. The highest BCUT2D eigenvalue weighted by Crippen LogP contribution is 2.39. The Bertz CT molecular complexity index is 1700. The van der Waals surface area contributed by atoms with Gasteiger partial charge in [-0.25, -0.2) is 4.79 Å². The van der Waals surface area contributed by atoms with Crippen molar-refractivity contribution in [1.29, 1.82) is 0 Å². The molecule has 0 spiro atoms. The normalized spacial score (nSPS) is 13.2. The number of ether oxygens (including phenoxy) is 2. The SMILES string of the molecule is CCC(C)(C)c1ccc(OCCCC(=O)Nc2cc(OC(Cl)(C(=O)Nc3ccccc3)C(=O)C(C)(C)C)ccc2C(=O)O)c(C(C)(C)CC)c1. The second-order valence-corrected chi connectivity index (χ2v) is 15.3. The van der Waals surface area contributed by atoms with E-state index in [1.165, 1.54) is 23.8 Å². The molecule has 0 radical (unpaired) electrons. The van der Waals surface area contributed by atoms with Crippen molar-refractivity contribution in [1.82, 2.24) is 0 Å². The Kier molecular flexibility index (Phi) is 12.9. The van der Waals surface area contributed by atoms with Crippen LogP contribution in [0.2, 0.25) is 0 Å². The van der Waals surface area contributed by atoms with Crippen LogP contribution >= 0.6 is 11.6 Å². The van der Waals surface area contributed by atoms with Crippen LogP contribution in [0.4, 0.5) is 11.4 Å². The van der Waals surface area contributed by atoms with Crippen molar-refractivity contribution in [3.05, 3.63) is 83.4 Å². The quantitative estimate of drug-likeness (QED) is 0.0769. The number of hydrogen-bond acceptors (Lipinski definition) is 6. The summed E-state index contributed by atoms with van der Waals surface area (Å²) in [6.07, 6.45) is 2.32. The molecule has 3 aromatic carbocycles. The lowest BCUT2D eigenvalue weighted by Gasteiger charge is -2.31. The predicted octanol–water partition coefficient (Wildman–Crippen LogP) is 9.13. The minimum atomic E-state index is -2.51. The number of carbonyl (C=O) groups excluding carboxylic acids is 3. The molecule has 0 saturated heterocycles. The smallest absolute Gasteiger partial charge is 0.337 e. The topological polar surface area (TPSA) is 131 Å². The number of carbonyl (C=O) groups is 4. The third-order valence-electron chi connectivity index (χ3n) is 9.11. The summed E-state index contributed by atoms with van der Waals surface area (Å²) in [6, 6.07) is 18.5. The van der Waals surface area contributed by atoms with Crippen molar-refractivity contribution >= 4 is 46.5 Å². The maximum atomic E-state index is 13.5. The van der Waals surface area contributed by atoms with Crippen LogP contribution in [0.15, 0.2) is 66.7 Å². The summed E-state index contributed by atoms with van der Waals surface area (Å²) in [5.74, 6) is -2.70. The van der Waals surface area contributed by atoms with E-state index < -0.39 is 34.0 Å². The van der Waals surface area contributed by atoms with Crippen LogP contribution in [-0.4, -0.2) is 40.3 Å². The van der Waals surface area contributed by atoms with E-state index in [9.17, 15) is 24.3 Å². The number of aromatic carboxylic acids is 1. The summed E-state index contributed by atoms with van der Waals surface area (Å²) in [6.45, 7) is 18.2. The Morgan fingerprint density at radius 1 is 0.800 bits per heavy atom. The fraction of sp³-hybridized carbons (Fsp3) is 0.450. The van der Waals surface area contributed by atoms with Gasteiger partial charge in [-0.05, 0) is 66.0 Å². The van der Waals surface area contributed by atoms with Crippen LogP contribution < -0.4 is 20.1 Å². The Hall–Kier alpha value is -4.37. The maximum absolute atomic E-state index is 13.5. The minimum Gasteiger partial charge on any atom is -0.493 e. The molecule has 0 aromatic heterocycles. The van der Waals surface area contributed by atoms with Gasteiger partial charge in [0, 0.05) is 29.2 Å². The molecule has 50 heavy (non-hydrogen) atoms. The molecule has 2 amide bonds. The molecule has 0 aliphatic heterocycles. The van der Waals surface area contributed by atoms with Gasteiger partial charge in [0.25, 0.3) is 5.91 Å². The molecule has 0 aliphatic rings. The number of hydrogen-bond donors (Lipinski definition) is 3. The Morgan fingerprint density at radius 3 is 2.02 bits per heavy atom. The molecule has 3 rings (SSSR count). The second-order valence-electron chi connectivity index (χ2n) is 14.8. The number of nitrogens with one attached hydrogen (secondary N) is 2. The Labute approximate surface area is 301 Å². The summed E-state index contributed by atoms with van der Waals surface area (Å²) < 4.78 is 12.1. The molecule has 0 saturated carbocycles. The van der Waals surface area contributed by atoms with Crippen LogP contribution in [0.1, 0.15) is 109 Å². The average molecular weight is 707 g/mol. The van der Waals surface area contributed by atoms with E-state index in [1.807, 2.05) is 6.07 Å². The summed E-state index contributed by atoms with van der Waals surface area (Å²) in [4.78, 5) is 52.0. The number of benzene rings is 3. The van der Waals surface area contributed by atoms with Crippen LogP contribution in [0.25, 0.3) is 0 Å². The molecule has 9 nitrogen and oxygen atoms in total. The fourth-order valence-electron chi connectivity index (χ4n) is 5.08. The number of amides is 2. The van der Waals surface area contributed by atoms with Gasteiger partial charge in [-0.3, -0.25) is 14.4 Å². The Morgan fingerprint density at radius 2 is 1.44 bits per heavy atom. The van der Waals surface area contributed by atoms with Gasteiger partial charge >= 0.3 is 11.0 Å². The van der Waals surface area contributed by atoms with E-state index in [-0.39, 0.29) is 40.9 Å². The van der Waals surface area contributed by atoms with Gasteiger partial charge in [-0.15, -0.1) is 0 Å². The van der Waals surface area contributed by atoms with Crippen LogP contribution in [0.3, 0.4) is 0 Å².